The molecule has 4 rings (SSSR count). The molecular weight excluding hydrogens is 340 g/mol. The minimum atomic E-state index is 0.0639. The monoisotopic (exact) mass is 366 g/mol. The lowest BCUT2D eigenvalue weighted by atomic mass is 10.1. The molecule has 0 atom stereocenters. The number of carbonyl (C=O) groups excluding carboxylic acids is 1. The van der Waals surface area contributed by atoms with E-state index in [1.807, 2.05) is 42.0 Å². The summed E-state index contributed by atoms with van der Waals surface area (Å²) in [5.74, 6) is 1.19. The van der Waals surface area contributed by atoms with Gasteiger partial charge in [-0.2, -0.15) is 0 Å². The van der Waals surface area contributed by atoms with E-state index in [1.54, 1.807) is 0 Å². The second-order valence-electron chi connectivity index (χ2n) is 7.30. The fourth-order valence-corrected chi connectivity index (χ4v) is 3.91. The molecule has 0 radical (unpaired) electrons. The lowest BCUT2D eigenvalue weighted by molar-refractivity contribution is -0.122. The number of hydrogen-bond acceptors (Lipinski definition) is 4. The number of nitrogens with zero attached hydrogens (tertiary/aromatic N) is 3. The van der Waals surface area contributed by atoms with Crippen LogP contribution in [-0.2, 0) is 17.8 Å². The Hall–Kier alpha value is -2.63. The quantitative estimate of drug-likeness (QED) is 0.690. The van der Waals surface area contributed by atoms with Crippen LogP contribution in [-0.4, -0.2) is 26.7 Å². The van der Waals surface area contributed by atoms with Crippen LogP contribution in [0.25, 0.3) is 22.4 Å². The number of hydrogen-bond donors (Lipinski definition) is 1. The molecule has 0 unspecified atom stereocenters. The summed E-state index contributed by atoms with van der Waals surface area (Å²) in [6.45, 7) is 2.28. The molecule has 1 saturated carbocycles. The summed E-state index contributed by atoms with van der Waals surface area (Å²) in [5.41, 5.74) is 1.87. The van der Waals surface area contributed by atoms with Gasteiger partial charge in [0.15, 0.2) is 0 Å². The van der Waals surface area contributed by atoms with Crippen molar-refractivity contribution in [1.29, 1.82) is 0 Å². The van der Waals surface area contributed by atoms with Crippen molar-refractivity contribution in [2.24, 2.45) is 0 Å². The Balaban J connectivity index is 1.57. The van der Waals surface area contributed by atoms with Gasteiger partial charge < -0.3 is 14.3 Å². The first-order chi connectivity index (χ1) is 13.2. The number of para-hydroxylation sites is 1. The maximum Gasteiger partial charge on any atom is 0.249 e. The molecule has 1 aliphatic carbocycles. The second-order valence-corrected chi connectivity index (χ2v) is 7.30. The van der Waals surface area contributed by atoms with Gasteiger partial charge in [0.25, 0.3) is 0 Å². The van der Waals surface area contributed by atoms with Crippen molar-refractivity contribution in [3.63, 3.8) is 0 Å². The first-order valence-corrected chi connectivity index (χ1v) is 9.94. The summed E-state index contributed by atoms with van der Waals surface area (Å²) < 4.78 is 7.72. The Morgan fingerprint density at radius 1 is 1.19 bits per heavy atom. The molecule has 0 saturated heterocycles. The molecule has 1 N–H and O–H groups in total. The topological polar surface area (TPSA) is 73.0 Å². The number of benzene rings is 1. The first kappa shape index (κ1) is 17.8. The van der Waals surface area contributed by atoms with E-state index in [1.165, 1.54) is 25.7 Å². The van der Waals surface area contributed by atoms with Crippen molar-refractivity contribution in [3.8, 4) is 11.5 Å². The highest BCUT2D eigenvalue weighted by Crippen LogP contribution is 2.30. The molecular formula is C21H26N4O2. The molecule has 3 aromatic rings. The fourth-order valence-electron chi connectivity index (χ4n) is 3.91. The average Bonchev–Trinajstić information content (AvgIpc) is 3.20. The van der Waals surface area contributed by atoms with E-state index < -0.39 is 0 Å². The molecule has 1 fully saturated rings. The van der Waals surface area contributed by atoms with Crippen LogP contribution in [0.5, 0.6) is 0 Å². The van der Waals surface area contributed by atoms with Gasteiger partial charge >= 0.3 is 0 Å². The van der Waals surface area contributed by atoms with Crippen molar-refractivity contribution in [3.05, 3.63) is 36.4 Å². The van der Waals surface area contributed by atoms with Crippen molar-refractivity contribution in [2.75, 3.05) is 0 Å². The van der Waals surface area contributed by atoms with E-state index in [-0.39, 0.29) is 5.91 Å². The van der Waals surface area contributed by atoms with Gasteiger partial charge in [-0.15, -0.1) is 10.2 Å². The normalized spacial score (nSPS) is 15.7. The molecule has 6 nitrogen and oxygen atoms in total. The molecule has 1 amide bonds. The van der Waals surface area contributed by atoms with Gasteiger partial charge in [0.1, 0.15) is 6.54 Å². The molecule has 6 heteroatoms. The average molecular weight is 366 g/mol. The van der Waals surface area contributed by atoms with Gasteiger partial charge in [-0.1, -0.05) is 50.8 Å². The lowest BCUT2D eigenvalue weighted by Crippen LogP contribution is -2.36. The summed E-state index contributed by atoms with van der Waals surface area (Å²) in [5, 5.41) is 12.5. The van der Waals surface area contributed by atoms with Crippen molar-refractivity contribution < 1.29 is 9.21 Å². The van der Waals surface area contributed by atoms with Gasteiger partial charge in [0, 0.05) is 29.6 Å². The Morgan fingerprint density at radius 2 is 1.96 bits per heavy atom. The summed E-state index contributed by atoms with van der Waals surface area (Å²) in [4.78, 5) is 12.6. The third-order valence-corrected chi connectivity index (χ3v) is 5.32. The van der Waals surface area contributed by atoms with E-state index in [4.69, 9.17) is 4.42 Å². The van der Waals surface area contributed by atoms with Crippen molar-refractivity contribution in [2.45, 2.75) is 64.5 Å². The molecule has 1 aromatic carbocycles. The van der Waals surface area contributed by atoms with Crippen LogP contribution in [0.1, 0.15) is 51.3 Å². The molecule has 27 heavy (non-hydrogen) atoms. The van der Waals surface area contributed by atoms with Crippen LogP contribution in [0.15, 0.2) is 34.9 Å². The predicted octanol–water partition coefficient (Wildman–Crippen LogP) is 4.09. The first-order valence-electron chi connectivity index (χ1n) is 9.94. The third-order valence-electron chi connectivity index (χ3n) is 5.32. The molecule has 1 aliphatic rings. The number of aromatic nitrogens is 3. The van der Waals surface area contributed by atoms with Crippen LogP contribution >= 0.6 is 0 Å². The number of amides is 1. The third kappa shape index (κ3) is 3.89. The number of aryl methyl sites for hydroxylation is 1. The minimum Gasteiger partial charge on any atom is -0.421 e. The number of carbonyl (C=O) groups is 1. The minimum absolute atomic E-state index is 0.0639. The predicted molar refractivity (Wildman–Crippen MR) is 104 cm³/mol. The van der Waals surface area contributed by atoms with E-state index >= 15 is 0 Å². The second kappa shape index (κ2) is 7.94. The Bertz CT molecular complexity index is 919. The highest BCUT2D eigenvalue weighted by atomic mass is 16.4. The Labute approximate surface area is 159 Å². The van der Waals surface area contributed by atoms with Crippen molar-refractivity contribution >= 4 is 16.8 Å². The zero-order chi connectivity index (χ0) is 18.6. The van der Waals surface area contributed by atoms with Gasteiger partial charge in [-0.05, 0) is 18.9 Å². The maximum atomic E-state index is 12.6. The molecule has 2 aromatic heterocycles. The molecule has 0 aliphatic heterocycles. The number of fused-ring (bicyclic) bond motifs is 1. The zero-order valence-electron chi connectivity index (χ0n) is 15.8. The van der Waals surface area contributed by atoms with E-state index in [9.17, 15) is 4.79 Å². The lowest BCUT2D eigenvalue weighted by Gasteiger charge is -2.16. The molecule has 2 heterocycles. The summed E-state index contributed by atoms with van der Waals surface area (Å²) in [6.07, 6.45) is 9.80. The van der Waals surface area contributed by atoms with Crippen LogP contribution in [0, 0.1) is 0 Å². The van der Waals surface area contributed by atoms with E-state index in [0.717, 1.165) is 29.3 Å². The Kier molecular flexibility index (Phi) is 5.23. The highest BCUT2D eigenvalue weighted by Gasteiger charge is 2.18. The van der Waals surface area contributed by atoms with Gasteiger partial charge in [-0.3, -0.25) is 4.79 Å². The summed E-state index contributed by atoms with van der Waals surface area (Å²) in [7, 11) is 0. The van der Waals surface area contributed by atoms with Gasteiger partial charge in [-0.25, -0.2) is 0 Å². The molecule has 142 valence electrons. The molecule has 0 spiro atoms. The molecule has 0 bridgehead atoms. The SMILES string of the molecule is CCc1nnc(-c2cn(CC(=O)NC3CCCCCC3)c3ccccc23)o1. The van der Waals surface area contributed by atoms with E-state index in [2.05, 4.69) is 15.5 Å². The van der Waals surface area contributed by atoms with Gasteiger partial charge in [0.2, 0.25) is 17.7 Å². The zero-order valence-corrected chi connectivity index (χ0v) is 15.8. The fraction of sp³-hybridized carbons (Fsp3) is 0.476. The maximum absolute atomic E-state index is 12.6. The summed E-state index contributed by atoms with van der Waals surface area (Å²) in [6, 6.07) is 8.33. The van der Waals surface area contributed by atoms with Crippen LogP contribution < -0.4 is 5.32 Å². The standard InChI is InChI=1S/C21H26N4O2/c1-2-20-23-24-21(27-20)17-13-25(18-12-8-7-11-16(17)18)14-19(26)22-15-9-5-3-4-6-10-15/h7-8,11-13,15H,2-6,9-10,14H2,1H3,(H,22,26). The van der Waals surface area contributed by atoms with E-state index in [0.29, 0.717) is 30.8 Å². The van der Waals surface area contributed by atoms with Crippen LogP contribution in [0.3, 0.4) is 0 Å². The van der Waals surface area contributed by atoms with Crippen LogP contribution in [0.2, 0.25) is 0 Å². The highest BCUT2D eigenvalue weighted by molar-refractivity contribution is 5.94. The Morgan fingerprint density at radius 3 is 2.70 bits per heavy atom. The smallest absolute Gasteiger partial charge is 0.249 e. The van der Waals surface area contributed by atoms with Crippen molar-refractivity contribution in [1.82, 2.24) is 20.1 Å². The summed E-state index contributed by atoms with van der Waals surface area (Å²) >= 11 is 0. The number of rotatable bonds is 5. The largest absolute Gasteiger partial charge is 0.421 e. The van der Waals surface area contributed by atoms with Crippen LogP contribution in [0.4, 0.5) is 0 Å². The number of nitrogens with one attached hydrogen (secondary N) is 1. The van der Waals surface area contributed by atoms with Gasteiger partial charge in [0.05, 0.1) is 5.56 Å².